The first-order valence-electron chi connectivity index (χ1n) is 10.1. The number of hydrogen-bond acceptors (Lipinski definition) is 4. The molecule has 1 amide bonds. The van der Waals surface area contributed by atoms with Gasteiger partial charge in [-0.25, -0.2) is 4.98 Å². The van der Waals surface area contributed by atoms with Gasteiger partial charge in [0.25, 0.3) is 11.5 Å². The van der Waals surface area contributed by atoms with Crippen molar-refractivity contribution in [3.8, 4) is 5.75 Å². The first kappa shape index (κ1) is 19.6. The molecule has 5 rings (SSSR count). The van der Waals surface area contributed by atoms with Gasteiger partial charge in [-0.1, -0.05) is 30.3 Å². The molecule has 0 saturated carbocycles. The third kappa shape index (κ3) is 3.72. The van der Waals surface area contributed by atoms with E-state index in [2.05, 4.69) is 10.3 Å². The highest BCUT2D eigenvalue weighted by molar-refractivity contribution is 6.12. The van der Waals surface area contributed by atoms with Crippen molar-refractivity contribution < 1.29 is 9.53 Å². The number of amides is 1. The zero-order valence-electron chi connectivity index (χ0n) is 17.4. The molecule has 32 heavy (non-hydrogen) atoms. The fourth-order valence-electron chi connectivity index (χ4n) is 3.67. The molecule has 2 aromatic carbocycles. The van der Waals surface area contributed by atoms with Gasteiger partial charge in [-0.15, -0.1) is 0 Å². The Labute approximate surface area is 183 Å². The van der Waals surface area contributed by atoms with Crippen LogP contribution in [0.15, 0.2) is 90.0 Å². The van der Waals surface area contributed by atoms with Crippen LogP contribution in [0, 0.1) is 0 Å². The predicted octanol–water partition coefficient (Wildman–Crippen LogP) is 4.02. The zero-order valence-corrected chi connectivity index (χ0v) is 17.4. The van der Waals surface area contributed by atoms with E-state index < -0.39 is 0 Å². The fraction of sp³-hybridized carbons (Fsp3) is 0.0800. The van der Waals surface area contributed by atoms with Gasteiger partial charge in [0, 0.05) is 42.6 Å². The van der Waals surface area contributed by atoms with E-state index in [1.807, 2.05) is 65.3 Å². The summed E-state index contributed by atoms with van der Waals surface area (Å²) in [5, 5.41) is 3.58. The zero-order chi connectivity index (χ0) is 22.1. The lowest BCUT2D eigenvalue weighted by Crippen LogP contribution is -2.21. The summed E-state index contributed by atoms with van der Waals surface area (Å²) in [5.74, 6) is 0.255. The molecule has 3 heterocycles. The largest absolute Gasteiger partial charge is 0.487 e. The maximum Gasteiger partial charge on any atom is 0.256 e. The molecule has 0 saturated heterocycles. The number of aromatic nitrogens is 3. The van der Waals surface area contributed by atoms with E-state index in [1.165, 1.54) is 10.6 Å². The van der Waals surface area contributed by atoms with E-state index in [9.17, 15) is 9.59 Å². The second-order valence-electron chi connectivity index (χ2n) is 7.44. The summed E-state index contributed by atoms with van der Waals surface area (Å²) in [7, 11) is 1.69. The second kappa shape index (κ2) is 8.03. The van der Waals surface area contributed by atoms with Crippen LogP contribution in [0.1, 0.15) is 16.1 Å². The van der Waals surface area contributed by atoms with Crippen molar-refractivity contribution in [3.05, 3.63) is 107 Å². The molecule has 3 aromatic heterocycles. The number of anilines is 1. The first-order chi connectivity index (χ1) is 15.6. The quantitative estimate of drug-likeness (QED) is 0.462. The summed E-state index contributed by atoms with van der Waals surface area (Å²) in [6.45, 7) is 0.304. The number of rotatable bonds is 5. The van der Waals surface area contributed by atoms with Crippen molar-refractivity contribution in [1.29, 1.82) is 0 Å². The molecule has 0 aliphatic rings. The molecule has 0 bridgehead atoms. The molecule has 0 spiro atoms. The number of carbonyl (C=O) groups is 1. The van der Waals surface area contributed by atoms with E-state index in [1.54, 1.807) is 25.2 Å². The SMILES string of the molecule is Cn1c(=O)cc(C(=O)Nc2cccc(OCc3cn4ccccc4n3)c2)c2ccccc21. The van der Waals surface area contributed by atoms with Crippen molar-refractivity contribution in [2.75, 3.05) is 5.32 Å². The van der Waals surface area contributed by atoms with Gasteiger partial charge in [-0.3, -0.25) is 9.59 Å². The van der Waals surface area contributed by atoms with Crippen LogP contribution >= 0.6 is 0 Å². The summed E-state index contributed by atoms with van der Waals surface area (Å²) >= 11 is 0. The number of nitrogens with zero attached hydrogens (tertiary/aromatic N) is 3. The number of carbonyl (C=O) groups excluding carboxylic acids is 1. The fourth-order valence-corrected chi connectivity index (χ4v) is 3.67. The monoisotopic (exact) mass is 424 g/mol. The van der Waals surface area contributed by atoms with Gasteiger partial charge in [0.15, 0.2) is 0 Å². The van der Waals surface area contributed by atoms with Gasteiger partial charge < -0.3 is 19.0 Å². The number of pyridine rings is 2. The maximum absolute atomic E-state index is 13.0. The molecule has 0 atom stereocenters. The van der Waals surface area contributed by atoms with Crippen molar-refractivity contribution >= 4 is 28.1 Å². The second-order valence-corrected chi connectivity index (χ2v) is 7.44. The Morgan fingerprint density at radius 2 is 1.88 bits per heavy atom. The topological polar surface area (TPSA) is 77.6 Å². The average Bonchev–Trinajstić information content (AvgIpc) is 3.23. The minimum atomic E-state index is -0.351. The number of imidazole rings is 1. The summed E-state index contributed by atoms with van der Waals surface area (Å²) in [5.41, 5.74) is 3.03. The highest BCUT2D eigenvalue weighted by Crippen LogP contribution is 2.21. The number of nitrogens with one attached hydrogen (secondary N) is 1. The Balaban J connectivity index is 1.35. The van der Waals surface area contributed by atoms with Crippen LogP contribution in [0.3, 0.4) is 0 Å². The normalized spacial score (nSPS) is 11.0. The van der Waals surface area contributed by atoms with E-state index in [4.69, 9.17) is 4.74 Å². The molecular weight excluding hydrogens is 404 g/mol. The molecule has 1 N–H and O–H groups in total. The lowest BCUT2D eigenvalue weighted by molar-refractivity contribution is 0.102. The molecule has 7 nitrogen and oxygen atoms in total. The van der Waals surface area contributed by atoms with Gasteiger partial charge in [0.05, 0.1) is 16.8 Å². The Kier molecular flexibility index (Phi) is 4.91. The Hall–Kier alpha value is -4.39. The standard InChI is InChI=1S/C25H20N4O3/c1-28-22-10-3-2-9-20(22)21(14-24(28)30)25(31)27-17-7-6-8-19(13-17)32-16-18-15-29-12-5-4-11-23(29)26-18/h2-15H,16H2,1H3,(H,27,31). The number of benzene rings is 2. The van der Waals surface area contributed by atoms with Crippen LogP contribution in [0.5, 0.6) is 5.75 Å². The van der Waals surface area contributed by atoms with Gasteiger partial charge >= 0.3 is 0 Å². The Morgan fingerprint density at radius 1 is 1.03 bits per heavy atom. The molecular formula is C25H20N4O3. The molecule has 0 fully saturated rings. The van der Waals surface area contributed by atoms with Crippen molar-refractivity contribution in [2.24, 2.45) is 7.05 Å². The van der Waals surface area contributed by atoms with Gasteiger partial charge in [-0.2, -0.15) is 0 Å². The minimum Gasteiger partial charge on any atom is -0.487 e. The van der Waals surface area contributed by atoms with E-state index in [0.29, 0.717) is 34.5 Å². The summed E-state index contributed by atoms with van der Waals surface area (Å²) in [6.07, 6.45) is 3.85. The number of para-hydroxylation sites is 1. The van der Waals surface area contributed by atoms with Crippen molar-refractivity contribution in [3.63, 3.8) is 0 Å². The average molecular weight is 424 g/mol. The molecule has 0 unspecified atom stereocenters. The molecule has 158 valence electrons. The Bertz CT molecular complexity index is 1480. The highest BCUT2D eigenvalue weighted by atomic mass is 16.5. The van der Waals surface area contributed by atoms with Crippen molar-refractivity contribution in [2.45, 2.75) is 6.61 Å². The van der Waals surface area contributed by atoms with E-state index >= 15 is 0 Å². The Morgan fingerprint density at radius 3 is 2.75 bits per heavy atom. The molecule has 7 heteroatoms. The van der Waals surface area contributed by atoms with Gasteiger partial charge in [0.1, 0.15) is 18.0 Å². The van der Waals surface area contributed by atoms with Crippen LogP contribution in [0.4, 0.5) is 5.69 Å². The number of hydrogen-bond donors (Lipinski definition) is 1. The van der Waals surface area contributed by atoms with Gasteiger partial charge in [0.2, 0.25) is 0 Å². The molecule has 0 aliphatic carbocycles. The number of ether oxygens (including phenoxy) is 1. The smallest absolute Gasteiger partial charge is 0.256 e. The third-order valence-corrected chi connectivity index (χ3v) is 5.29. The number of fused-ring (bicyclic) bond motifs is 2. The summed E-state index contributed by atoms with van der Waals surface area (Å²) in [6, 6.07) is 21.7. The van der Waals surface area contributed by atoms with Gasteiger partial charge in [-0.05, 0) is 30.3 Å². The summed E-state index contributed by atoms with van der Waals surface area (Å²) < 4.78 is 9.34. The lowest BCUT2D eigenvalue weighted by atomic mass is 10.1. The number of aryl methyl sites for hydroxylation is 1. The minimum absolute atomic E-state index is 0.238. The van der Waals surface area contributed by atoms with Crippen LogP contribution in [0.2, 0.25) is 0 Å². The first-order valence-corrected chi connectivity index (χ1v) is 10.1. The van der Waals surface area contributed by atoms with Crippen LogP contribution in [0.25, 0.3) is 16.6 Å². The highest BCUT2D eigenvalue weighted by Gasteiger charge is 2.14. The van der Waals surface area contributed by atoms with Crippen molar-refractivity contribution in [1.82, 2.24) is 14.0 Å². The van der Waals surface area contributed by atoms with Crippen LogP contribution in [-0.4, -0.2) is 19.9 Å². The molecule has 0 aliphatic heterocycles. The third-order valence-electron chi connectivity index (χ3n) is 5.29. The molecule has 0 radical (unpaired) electrons. The lowest BCUT2D eigenvalue weighted by Gasteiger charge is -2.11. The van der Waals surface area contributed by atoms with Crippen LogP contribution < -0.4 is 15.6 Å². The van der Waals surface area contributed by atoms with E-state index in [0.717, 1.165) is 11.3 Å². The molecule has 5 aromatic rings. The maximum atomic E-state index is 13.0. The summed E-state index contributed by atoms with van der Waals surface area (Å²) in [4.78, 5) is 29.8. The van der Waals surface area contributed by atoms with E-state index in [-0.39, 0.29) is 11.5 Å². The predicted molar refractivity (Wildman–Crippen MR) is 123 cm³/mol. The van der Waals surface area contributed by atoms with Crippen LogP contribution in [-0.2, 0) is 13.7 Å².